The molecule has 262 valence electrons. The zero-order valence-electron chi connectivity index (χ0n) is 27.6. The molecule has 0 radical (unpaired) electrons. The van der Waals surface area contributed by atoms with Crippen molar-refractivity contribution < 1.29 is 31.1 Å². The zero-order chi connectivity index (χ0) is 35.8. The quantitative estimate of drug-likeness (QED) is 0.168. The van der Waals surface area contributed by atoms with E-state index in [1.165, 1.54) is 7.05 Å². The summed E-state index contributed by atoms with van der Waals surface area (Å²) in [4.78, 5) is 22.8. The Kier molecular flexibility index (Phi) is 9.27. The molecular formula is C38H34F3N5O4S. The molecule has 6 aromatic rings. The second kappa shape index (κ2) is 13.8. The lowest BCUT2D eigenvalue weighted by Crippen LogP contribution is -2.41. The maximum absolute atomic E-state index is 13.6. The molecule has 0 atom stereocenters. The highest BCUT2D eigenvalue weighted by atomic mass is 32.2. The summed E-state index contributed by atoms with van der Waals surface area (Å²) in [6.07, 6.45) is -2.93. The summed E-state index contributed by atoms with van der Waals surface area (Å²) >= 11 is 0. The van der Waals surface area contributed by atoms with E-state index in [1.807, 2.05) is 42.5 Å². The van der Waals surface area contributed by atoms with Gasteiger partial charge in [-0.25, -0.2) is 13.4 Å². The Balaban J connectivity index is 1.25. The van der Waals surface area contributed by atoms with Gasteiger partial charge in [-0.05, 0) is 59.7 Å². The van der Waals surface area contributed by atoms with Gasteiger partial charge in [-0.1, -0.05) is 48.5 Å². The fourth-order valence-corrected chi connectivity index (χ4v) is 7.58. The number of amides is 1. The average Bonchev–Trinajstić information content (AvgIpc) is 3.52. The van der Waals surface area contributed by atoms with Gasteiger partial charge in [-0.15, -0.1) is 0 Å². The Labute approximate surface area is 292 Å². The van der Waals surface area contributed by atoms with Gasteiger partial charge in [0.15, 0.2) is 0 Å². The molecule has 51 heavy (non-hydrogen) atoms. The number of anilines is 1. The number of carbonyl (C=O) groups excluding carboxylic acids is 1. The number of hydrogen-bond donors (Lipinski definition) is 2. The van der Waals surface area contributed by atoms with Gasteiger partial charge in [0.05, 0.1) is 29.4 Å². The summed E-state index contributed by atoms with van der Waals surface area (Å²) in [7, 11) is -3.04. The molecule has 1 fully saturated rings. The summed E-state index contributed by atoms with van der Waals surface area (Å²) < 4.78 is 73.8. The number of fused-ring (bicyclic) bond motifs is 3. The summed E-state index contributed by atoms with van der Waals surface area (Å²) in [5, 5.41) is 4.41. The van der Waals surface area contributed by atoms with E-state index >= 15 is 0 Å². The van der Waals surface area contributed by atoms with Crippen LogP contribution in [0.4, 0.5) is 18.9 Å². The Morgan fingerprint density at radius 2 is 1.69 bits per heavy atom. The lowest BCUT2D eigenvalue weighted by atomic mass is 9.92. The van der Waals surface area contributed by atoms with Crippen molar-refractivity contribution in [2.75, 3.05) is 50.7 Å². The summed E-state index contributed by atoms with van der Waals surface area (Å²) in [6, 6.07) is 25.7. The third-order valence-corrected chi connectivity index (χ3v) is 10.9. The highest BCUT2D eigenvalue weighted by Gasteiger charge is 2.32. The van der Waals surface area contributed by atoms with Gasteiger partial charge < -0.3 is 15.0 Å². The highest BCUT2D eigenvalue weighted by Crippen LogP contribution is 2.42. The van der Waals surface area contributed by atoms with Crippen LogP contribution in [0.2, 0.25) is 0 Å². The van der Waals surface area contributed by atoms with Crippen molar-refractivity contribution in [2.45, 2.75) is 11.1 Å². The predicted octanol–water partition coefficient (Wildman–Crippen LogP) is 6.96. The third-order valence-electron chi connectivity index (χ3n) is 9.13. The molecular weight excluding hydrogens is 680 g/mol. The third kappa shape index (κ3) is 6.92. The molecule has 0 spiro atoms. The SMILES string of the molecule is CN(c1ccc2[nH]c3ncc(-c4ccc(C(=O)NCCN5CCOCC5)cc4)c(-c4ccccc4)c3c2c1)S(=O)(=O)c1cccc(C(F)(F)F)c1. The zero-order valence-corrected chi connectivity index (χ0v) is 28.4. The molecule has 9 nitrogen and oxygen atoms in total. The Morgan fingerprint density at radius 3 is 2.41 bits per heavy atom. The number of nitrogens with zero attached hydrogens (tertiary/aromatic N) is 3. The van der Waals surface area contributed by atoms with E-state index < -0.39 is 26.7 Å². The van der Waals surface area contributed by atoms with Crippen LogP contribution in [0.25, 0.3) is 44.2 Å². The van der Waals surface area contributed by atoms with Crippen LogP contribution in [0, 0.1) is 0 Å². The number of benzene rings is 4. The monoisotopic (exact) mass is 713 g/mol. The first-order valence-corrected chi connectivity index (χ1v) is 17.8. The van der Waals surface area contributed by atoms with Crippen LogP contribution in [0.5, 0.6) is 0 Å². The average molecular weight is 714 g/mol. The van der Waals surface area contributed by atoms with Crippen LogP contribution in [0.15, 0.2) is 108 Å². The molecule has 2 N–H and O–H groups in total. The van der Waals surface area contributed by atoms with Crippen LogP contribution < -0.4 is 9.62 Å². The number of pyridine rings is 1. The first kappa shape index (κ1) is 34.2. The lowest BCUT2D eigenvalue weighted by molar-refractivity contribution is -0.137. The number of rotatable bonds is 9. The smallest absolute Gasteiger partial charge is 0.379 e. The number of aromatic amines is 1. The number of sulfonamides is 1. The molecule has 7 rings (SSSR count). The highest BCUT2D eigenvalue weighted by molar-refractivity contribution is 7.92. The van der Waals surface area contributed by atoms with Gasteiger partial charge in [0.25, 0.3) is 15.9 Å². The van der Waals surface area contributed by atoms with E-state index in [9.17, 15) is 26.4 Å². The van der Waals surface area contributed by atoms with Crippen molar-refractivity contribution >= 4 is 43.6 Å². The van der Waals surface area contributed by atoms with E-state index in [0.717, 1.165) is 69.8 Å². The van der Waals surface area contributed by atoms with Gasteiger partial charge in [0.2, 0.25) is 0 Å². The first-order valence-electron chi connectivity index (χ1n) is 16.4. The Hall–Kier alpha value is -5.24. The Bertz CT molecular complexity index is 2320. The van der Waals surface area contributed by atoms with E-state index in [-0.39, 0.29) is 11.6 Å². The summed E-state index contributed by atoms with van der Waals surface area (Å²) in [5.41, 5.74) is 4.36. The standard InChI is InChI=1S/C38H34F3N5O4S/c1-45(51(48,49)30-9-5-8-28(22-30)38(39,40)41)29-14-15-33-31(23-29)35-34(26-6-3-2-4-7-26)32(24-43-36(35)44-33)25-10-12-27(13-11-25)37(47)42-16-17-46-18-20-50-21-19-46/h2-15,22-24H,16-21H2,1H3,(H,42,47)(H,43,44). The van der Waals surface area contributed by atoms with E-state index in [1.54, 1.807) is 36.5 Å². The second-order valence-electron chi connectivity index (χ2n) is 12.3. The number of H-pyrrole nitrogens is 1. The van der Waals surface area contributed by atoms with E-state index in [4.69, 9.17) is 9.72 Å². The van der Waals surface area contributed by atoms with E-state index in [2.05, 4.69) is 15.2 Å². The van der Waals surface area contributed by atoms with Crippen LogP contribution >= 0.6 is 0 Å². The van der Waals surface area contributed by atoms with Gasteiger partial charge in [0, 0.05) is 72.4 Å². The number of morpholine rings is 1. The number of hydrogen-bond acceptors (Lipinski definition) is 6. The molecule has 1 aliphatic rings. The van der Waals surface area contributed by atoms with Crippen molar-refractivity contribution in [3.63, 3.8) is 0 Å². The molecule has 3 heterocycles. The van der Waals surface area contributed by atoms with Gasteiger partial charge in [-0.2, -0.15) is 13.2 Å². The summed E-state index contributed by atoms with van der Waals surface area (Å²) in [5.74, 6) is -0.167. The fraction of sp³-hybridized carbons (Fsp3) is 0.211. The molecule has 1 saturated heterocycles. The number of aromatic nitrogens is 2. The first-order chi connectivity index (χ1) is 24.5. The number of carbonyl (C=O) groups is 1. The van der Waals surface area contributed by atoms with Crippen molar-refractivity contribution in [1.29, 1.82) is 0 Å². The molecule has 13 heteroatoms. The maximum atomic E-state index is 13.6. The molecule has 1 amide bonds. The minimum absolute atomic E-state index is 0.167. The number of alkyl halides is 3. The molecule has 0 saturated carbocycles. The van der Waals surface area contributed by atoms with Crippen molar-refractivity contribution in [1.82, 2.24) is 20.2 Å². The van der Waals surface area contributed by atoms with Gasteiger partial charge >= 0.3 is 6.18 Å². The largest absolute Gasteiger partial charge is 0.416 e. The number of ether oxygens (including phenoxy) is 1. The summed E-state index contributed by atoms with van der Waals surface area (Å²) in [6.45, 7) is 4.36. The molecule has 2 aromatic heterocycles. The minimum Gasteiger partial charge on any atom is -0.379 e. The Morgan fingerprint density at radius 1 is 0.941 bits per heavy atom. The fourth-order valence-electron chi connectivity index (χ4n) is 6.35. The second-order valence-corrected chi connectivity index (χ2v) is 14.2. The predicted molar refractivity (Wildman–Crippen MR) is 191 cm³/mol. The maximum Gasteiger partial charge on any atom is 0.416 e. The topological polar surface area (TPSA) is 108 Å². The van der Waals surface area contributed by atoms with Crippen LogP contribution in [-0.2, 0) is 20.9 Å². The van der Waals surface area contributed by atoms with Gasteiger partial charge in [-0.3, -0.25) is 14.0 Å². The number of nitrogens with one attached hydrogen (secondary N) is 2. The van der Waals surface area contributed by atoms with Crippen LogP contribution in [0.3, 0.4) is 0 Å². The molecule has 1 aliphatic heterocycles. The van der Waals surface area contributed by atoms with E-state index in [0.29, 0.717) is 47.9 Å². The van der Waals surface area contributed by atoms with Crippen molar-refractivity contribution in [3.05, 3.63) is 114 Å². The lowest BCUT2D eigenvalue weighted by Gasteiger charge is -2.26. The molecule has 4 aromatic carbocycles. The number of halogens is 3. The van der Waals surface area contributed by atoms with Crippen molar-refractivity contribution in [3.8, 4) is 22.3 Å². The van der Waals surface area contributed by atoms with Crippen molar-refractivity contribution in [2.24, 2.45) is 0 Å². The van der Waals surface area contributed by atoms with Crippen LogP contribution in [0.1, 0.15) is 15.9 Å². The molecule has 0 unspecified atom stereocenters. The van der Waals surface area contributed by atoms with Gasteiger partial charge in [0.1, 0.15) is 5.65 Å². The normalized spacial score (nSPS) is 14.2. The molecule has 0 aliphatic carbocycles. The van der Waals surface area contributed by atoms with Crippen LogP contribution in [-0.4, -0.2) is 75.6 Å². The molecule has 0 bridgehead atoms. The minimum atomic E-state index is -4.69.